The van der Waals surface area contributed by atoms with Crippen LogP contribution in [0, 0.1) is 0 Å². The molecule has 0 saturated carbocycles. The van der Waals surface area contributed by atoms with Crippen LogP contribution in [0.2, 0.25) is 0 Å². The van der Waals surface area contributed by atoms with Crippen molar-refractivity contribution in [3.05, 3.63) is 70.2 Å². The summed E-state index contributed by atoms with van der Waals surface area (Å²) < 4.78 is 48.7. The Balaban J connectivity index is 1.83. The Labute approximate surface area is 222 Å². The minimum absolute atomic E-state index is 0.154. The number of alkyl halides is 3. The first-order valence-corrected chi connectivity index (χ1v) is 12.1. The lowest BCUT2D eigenvalue weighted by Gasteiger charge is -2.26. The molecule has 0 aliphatic carbocycles. The van der Waals surface area contributed by atoms with Crippen LogP contribution in [0.4, 0.5) is 24.7 Å². The molecule has 4 rings (SSSR count). The molecule has 0 radical (unpaired) electrons. The number of aliphatic imine (C=N–C) groups is 1. The number of hydrogen-bond acceptors (Lipinski definition) is 8. The van der Waals surface area contributed by atoms with Crippen LogP contribution in [0.15, 0.2) is 58.5 Å². The topological polar surface area (TPSA) is 124 Å². The van der Waals surface area contributed by atoms with Crippen molar-refractivity contribution >= 4 is 23.8 Å². The first kappa shape index (κ1) is 27.9. The van der Waals surface area contributed by atoms with Crippen molar-refractivity contribution in [2.75, 3.05) is 24.2 Å². The molecule has 2 aromatic heterocycles. The van der Waals surface area contributed by atoms with Gasteiger partial charge < -0.3 is 25.6 Å². The van der Waals surface area contributed by atoms with Gasteiger partial charge in [0.1, 0.15) is 12.0 Å². The van der Waals surface area contributed by atoms with Crippen molar-refractivity contribution in [2.24, 2.45) is 4.99 Å². The Hall–Kier alpha value is -4.16. The van der Waals surface area contributed by atoms with Crippen molar-refractivity contribution in [3.63, 3.8) is 0 Å². The summed E-state index contributed by atoms with van der Waals surface area (Å²) in [6.07, 6.45) is 0.828. The van der Waals surface area contributed by atoms with Crippen LogP contribution >= 0.6 is 0 Å². The summed E-state index contributed by atoms with van der Waals surface area (Å²) in [6, 6.07) is 9.10. The predicted molar refractivity (Wildman–Crippen MR) is 143 cm³/mol. The van der Waals surface area contributed by atoms with Gasteiger partial charge in [0.05, 0.1) is 24.0 Å². The van der Waals surface area contributed by atoms with Crippen LogP contribution in [0.25, 0.3) is 22.9 Å². The Bertz CT molecular complexity index is 1460. The van der Waals surface area contributed by atoms with Gasteiger partial charge in [-0.15, -0.1) is 13.2 Å². The molecule has 1 aliphatic rings. The number of anilines is 2. The number of nitrogens with zero attached hydrogens (tertiary/aromatic N) is 3. The van der Waals surface area contributed by atoms with E-state index in [4.69, 9.17) is 10.5 Å². The van der Waals surface area contributed by atoms with E-state index in [1.54, 1.807) is 50.3 Å². The lowest BCUT2D eigenvalue weighted by Crippen LogP contribution is -2.31. The first-order chi connectivity index (χ1) is 18.3. The number of halogens is 3. The third kappa shape index (κ3) is 6.84. The van der Waals surface area contributed by atoms with E-state index in [1.165, 1.54) is 16.8 Å². The number of hydrogen-bond donors (Lipinski definition) is 3. The maximum Gasteiger partial charge on any atom is 0.574 e. The summed E-state index contributed by atoms with van der Waals surface area (Å²) in [5.41, 5.74) is 7.36. The number of pyridine rings is 2. The molecule has 0 bridgehead atoms. The minimum atomic E-state index is -4.90. The van der Waals surface area contributed by atoms with Crippen molar-refractivity contribution in [1.29, 1.82) is 0 Å². The maximum absolute atomic E-state index is 13.9. The second kappa shape index (κ2) is 10.9. The zero-order valence-corrected chi connectivity index (χ0v) is 21.5. The number of aromatic nitrogens is 2. The van der Waals surface area contributed by atoms with Crippen molar-refractivity contribution in [3.8, 4) is 22.7 Å². The van der Waals surface area contributed by atoms with E-state index in [0.717, 1.165) is 12.3 Å². The van der Waals surface area contributed by atoms with E-state index in [9.17, 15) is 23.1 Å². The van der Waals surface area contributed by atoms with E-state index in [0.29, 0.717) is 40.4 Å². The fourth-order valence-electron chi connectivity index (χ4n) is 3.92. The number of ether oxygens (including phenoxy) is 2. The molecule has 206 valence electrons. The Morgan fingerprint density at radius 2 is 2.00 bits per heavy atom. The number of rotatable bonds is 8. The van der Waals surface area contributed by atoms with Gasteiger partial charge in [0.2, 0.25) is 5.88 Å². The van der Waals surface area contributed by atoms with Gasteiger partial charge in [0.25, 0.3) is 5.56 Å². The van der Waals surface area contributed by atoms with E-state index in [2.05, 4.69) is 20.0 Å². The first-order valence-electron chi connectivity index (χ1n) is 12.1. The summed E-state index contributed by atoms with van der Waals surface area (Å²) in [7, 11) is 0. The zero-order valence-electron chi connectivity index (χ0n) is 21.5. The number of fused-ring (bicyclic) bond motifs is 1. The summed E-state index contributed by atoms with van der Waals surface area (Å²) in [6.45, 7) is 5.66. The minimum Gasteiger partial charge on any atom is -0.398 e. The number of nitrogens with one attached hydrogen (secondary N) is 1. The molecule has 12 heteroatoms. The van der Waals surface area contributed by atoms with Gasteiger partial charge in [-0.2, -0.15) is 0 Å². The smallest absolute Gasteiger partial charge is 0.398 e. The number of nitrogen functional groups attached to an aromatic ring is 1. The van der Waals surface area contributed by atoms with Crippen LogP contribution in [0.1, 0.15) is 31.9 Å². The zero-order chi connectivity index (χ0) is 28.4. The van der Waals surface area contributed by atoms with E-state index >= 15 is 0 Å². The Morgan fingerprint density at radius 3 is 2.64 bits per heavy atom. The van der Waals surface area contributed by atoms with Crippen LogP contribution < -0.4 is 21.3 Å². The molecule has 0 saturated heterocycles. The third-order valence-corrected chi connectivity index (χ3v) is 5.61. The predicted octanol–water partition coefficient (Wildman–Crippen LogP) is 4.37. The third-order valence-electron chi connectivity index (χ3n) is 5.61. The van der Waals surface area contributed by atoms with Gasteiger partial charge in [0.15, 0.2) is 0 Å². The molecule has 1 unspecified atom stereocenters. The molecule has 39 heavy (non-hydrogen) atoms. The van der Waals surface area contributed by atoms with Crippen LogP contribution in [0.3, 0.4) is 0 Å². The molecule has 4 N–H and O–H groups in total. The highest BCUT2D eigenvalue weighted by Crippen LogP contribution is 2.31. The lowest BCUT2D eigenvalue weighted by atomic mass is 10.0. The highest BCUT2D eigenvalue weighted by Gasteiger charge is 2.32. The standard InChI is InChI=1S/C27H28F3N5O4/c1-4-38-23-9-6-17-12-20(16-5-8-21(31)18(11-16)13-32-15-26(2,3)37)25(36)35(24(17)34-23)19-7-10-22(33-14-19)39-27(28,29)30/h5-14,23,34,37H,4,15,31H2,1-3H3. The average Bonchev–Trinajstić information content (AvgIpc) is 2.84. The van der Waals surface area contributed by atoms with Crippen LogP contribution in [-0.2, 0) is 4.74 Å². The van der Waals surface area contributed by atoms with E-state index in [-0.39, 0.29) is 12.2 Å². The summed E-state index contributed by atoms with van der Waals surface area (Å²) in [5, 5.41) is 13.1. The monoisotopic (exact) mass is 543 g/mol. The lowest BCUT2D eigenvalue weighted by molar-refractivity contribution is -0.276. The second-order valence-corrected chi connectivity index (χ2v) is 9.41. The van der Waals surface area contributed by atoms with Gasteiger partial charge in [-0.1, -0.05) is 12.1 Å². The molecule has 9 nitrogen and oxygen atoms in total. The molecule has 0 amide bonds. The Kier molecular flexibility index (Phi) is 7.79. The average molecular weight is 544 g/mol. The summed E-state index contributed by atoms with van der Waals surface area (Å²) in [5.74, 6) is -0.267. The van der Waals surface area contributed by atoms with Crippen molar-refractivity contribution in [2.45, 2.75) is 39.0 Å². The highest BCUT2D eigenvalue weighted by molar-refractivity contribution is 5.90. The molecular weight excluding hydrogens is 515 g/mol. The number of benzene rings is 1. The quantitative estimate of drug-likeness (QED) is 0.285. The van der Waals surface area contributed by atoms with Gasteiger partial charge in [0, 0.05) is 41.3 Å². The molecule has 0 spiro atoms. The molecular formula is C27H28F3N5O4. The highest BCUT2D eigenvalue weighted by atomic mass is 19.4. The molecule has 1 atom stereocenters. The largest absolute Gasteiger partial charge is 0.574 e. The van der Waals surface area contributed by atoms with Crippen molar-refractivity contribution < 1.29 is 27.8 Å². The molecule has 1 aromatic carbocycles. The summed E-state index contributed by atoms with van der Waals surface area (Å²) in [4.78, 5) is 21.9. The van der Waals surface area contributed by atoms with Gasteiger partial charge >= 0.3 is 6.36 Å². The SMILES string of the molecule is CCOC1C=Cc2cc(-c3ccc(N)c(C=NCC(C)(C)O)c3)c(=O)n(-c3ccc(OC(F)(F)F)nc3)c2N1. The van der Waals surface area contributed by atoms with Gasteiger partial charge in [-0.3, -0.25) is 14.4 Å². The normalized spacial score (nSPS) is 15.3. The van der Waals surface area contributed by atoms with Crippen LogP contribution in [-0.4, -0.2) is 52.2 Å². The Morgan fingerprint density at radius 1 is 1.23 bits per heavy atom. The van der Waals surface area contributed by atoms with Gasteiger partial charge in [-0.25, -0.2) is 4.98 Å². The van der Waals surface area contributed by atoms with Crippen molar-refractivity contribution in [1.82, 2.24) is 9.55 Å². The molecule has 3 aromatic rings. The molecule has 0 fully saturated rings. The van der Waals surface area contributed by atoms with Gasteiger partial charge in [-0.05, 0) is 56.7 Å². The van der Waals surface area contributed by atoms with E-state index in [1.807, 2.05) is 6.92 Å². The summed E-state index contributed by atoms with van der Waals surface area (Å²) >= 11 is 0. The fraction of sp³-hybridized carbons (Fsp3) is 0.296. The second-order valence-electron chi connectivity index (χ2n) is 9.41. The molecule has 1 aliphatic heterocycles. The fourth-order valence-corrected chi connectivity index (χ4v) is 3.92. The maximum atomic E-state index is 13.9. The van der Waals surface area contributed by atoms with E-state index < -0.39 is 29.6 Å². The molecule has 3 heterocycles. The number of nitrogens with two attached hydrogens (primary N) is 1. The van der Waals surface area contributed by atoms with Crippen LogP contribution in [0.5, 0.6) is 5.88 Å². The number of aliphatic hydroxyl groups is 1.